The van der Waals surface area contributed by atoms with Crippen molar-refractivity contribution in [2.75, 3.05) is 13.2 Å². The third-order valence-electron chi connectivity index (χ3n) is 19.9. The van der Waals surface area contributed by atoms with Crippen LogP contribution in [0.4, 0.5) is 14.4 Å². The Morgan fingerprint density at radius 2 is 0.980 bits per heavy atom. The minimum absolute atomic E-state index is 0.0213. The van der Waals surface area contributed by atoms with E-state index in [1.165, 1.54) is 0 Å². The van der Waals surface area contributed by atoms with Gasteiger partial charge in [0.2, 0.25) is 0 Å². The third kappa shape index (κ3) is 18.5. The van der Waals surface area contributed by atoms with E-state index in [0.29, 0.717) is 31.2 Å². The molecule has 23 heteroatoms. The molecule has 0 radical (unpaired) electrons. The summed E-state index contributed by atoms with van der Waals surface area (Å²) in [4.78, 5) is 55.8. The first-order valence-corrected chi connectivity index (χ1v) is 34.8. The van der Waals surface area contributed by atoms with Gasteiger partial charge in [-0.25, -0.2) is 14.4 Å². The summed E-state index contributed by atoms with van der Waals surface area (Å²) in [5.74, 6) is -2.53. The van der Waals surface area contributed by atoms with Crippen LogP contribution in [0, 0.1) is 17.8 Å². The SMILES string of the molecule is C[C@H](C(=O)C[C@@H]1C[C@H](C)[C@@H](O[C@H]2O[C@@H]3CCC(c4ccccc4)O[C@H]3CC2NC(=O)OCc2ccccc2)[C@H](O[C@@H]2O[C@H](CO)[C@@H](O[C@H]3O[C@H]4CCC(c5ccccc5)O[C@H]4[C@H](O)[C@H]3NC(=O)OCc3ccccc3)[C@H]2O)[C@H]1O)[C@H](CNC(=O)OCc1ccccc1)OCc1ccccc1. The normalized spacial score (nSPS) is 31.6. The number of hydrogen-bond acceptors (Lipinski definition) is 20. The average Bonchev–Trinajstić information content (AvgIpc) is 1.19. The maximum atomic E-state index is 14.9. The summed E-state index contributed by atoms with van der Waals surface area (Å²) < 4.78 is 77.0. The molecule has 7 N–H and O–H groups in total. The first kappa shape index (κ1) is 72.1. The number of ketones is 1. The summed E-state index contributed by atoms with van der Waals surface area (Å²) in [6.07, 6.45) is -18.7. The summed E-state index contributed by atoms with van der Waals surface area (Å²) in [7, 11) is 0. The number of carbonyl (C=O) groups is 4. The van der Waals surface area contributed by atoms with Gasteiger partial charge in [-0.1, -0.05) is 196 Å². The fourth-order valence-corrected chi connectivity index (χ4v) is 14.4. The topological polar surface area (TPSA) is 296 Å². The monoisotopic (exact) mass is 1380 g/mol. The van der Waals surface area contributed by atoms with Gasteiger partial charge in [0, 0.05) is 25.3 Å². The smallest absolute Gasteiger partial charge is 0.407 e. The van der Waals surface area contributed by atoms with Crippen molar-refractivity contribution in [3.05, 3.63) is 215 Å². The molecular weight excluding hydrogens is 1290 g/mol. The van der Waals surface area contributed by atoms with Crippen molar-refractivity contribution in [1.82, 2.24) is 16.0 Å². The zero-order valence-electron chi connectivity index (χ0n) is 56.0. The number of fused-ring (bicyclic) bond motifs is 2. The fraction of sp³-hybridized carbons (Fsp3) is 0.481. The van der Waals surface area contributed by atoms with Crippen molar-refractivity contribution < 1.29 is 96.4 Å². The number of alkyl carbamates (subject to hydrolysis) is 3. The minimum atomic E-state index is -1.76. The Balaban J connectivity index is 0.804. The van der Waals surface area contributed by atoms with Crippen LogP contribution < -0.4 is 16.0 Å². The first-order valence-electron chi connectivity index (χ1n) is 34.8. The Morgan fingerprint density at radius 3 is 1.55 bits per heavy atom. The predicted octanol–water partition coefficient (Wildman–Crippen LogP) is 8.98. The number of rotatable bonds is 26. The summed E-state index contributed by atoms with van der Waals surface area (Å²) in [5, 5.41) is 57.6. The van der Waals surface area contributed by atoms with Crippen LogP contribution in [0.15, 0.2) is 182 Å². The lowest BCUT2D eigenvalue weighted by Crippen LogP contribution is -2.66. The van der Waals surface area contributed by atoms with E-state index >= 15 is 0 Å². The summed E-state index contributed by atoms with van der Waals surface area (Å²) >= 11 is 0. The molecule has 22 atom stereocenters. The van der Waals surface area contributed by atoms with Crippen molar-refractivity contribution in [1.29, 1.82) is 0 Å². The van der Waals surface area contributed by atoms with Gasteiger partial charge in [0.15, 0.2) is 18.9 Å². The maximum absolute atomic E-state index is 14.9. The van der Waals surface area contributed by atoms with Crippen LogP contribution in [0.1, 0.15) is 104 Å². The highest BCUT2D eigenvalue weighted by Crippen LogP contribution is 2.44. The van der Waals surface area contributed by atoms with E-state index in [0.717, 1.165) is 27.8 Å². The molecule has 3 amide bonds. The van der Waals surface area contributed by atoms with Gasteiger partial charge in [-0.3, -0.25) is 4.79 Å². The van der Waals surface area contributed by atoms with E-state index in [1.54, 1.807) is 19.1 Å². The van der Waals surface area contributed by atoms with Gasteiger partial charge in [0.05, 0.1) is 68.1 Å². The molecule has 0 bridgehead atoms. The molecule has 5 saturated heterocycles. The van der Waals surface area contributed by atoms with Gasteiger partial charge in [0.1, 0.15) is 68.3 Å². The summed E-state index contributed by atoms with van der Waals surface area (Å²) in [5.41, 5.74) is 5.00. The fourth-order valence-electron chi connectivity index (χ4n) is 14.4. The van der Waals surface area contributed by atoms with E-state index in [1.807, 2.05) is 177 Å². The molecule has 0 aromatic heterocycles. The van der Waals surface area contributed by atoms with E-state index < -0.39 is 153 Å². The van der Waals surface area contributed by atoms with Gasteiger partial charge in [-0.2, -0.15) is 0 Å². The summed E-state index contributed by atoms with van der Waals surface area (Å²) in [6, 6.07) is 54.0. The molecule has 534 valence electrons. The Morgan fingerprint density at radius 1 is 0.490 bits per heavy atom. The number of Topliss-reactive ketones (excluding diaryl/α,β-unsaturated/α-hetero) is 1. The first-order chi connectivity index (χ1) is 48.7. The van der Waals surface area contributed by atoms with Crippen LogP contribution in [-0.2, 0) is 88.1 Å². The second kappa shape index (κ2) is 34.8. The summed E-state index contributed by atoms with van der Waals surface area (Å²) in [6.45, 7) is 2.78. The highest BCUT2D eigenvalue weighted by Gasteiger charge is 2.57. The number of hydrogen-bond donors (Lipinski definition) is 7. The Kier molecular flexibility index (Phi) is 25.1. The number of benzene rings is 6. The lowest BCUT2D eigenvalue weighted by atomic mass is 9.73. The molecule has 5 heterocycles. The average molecular weight is 1380 g/mol. The quantitative estimate of drug-likeness (QED) is 0.0249. The molecule has 6 fully saturated rings. The van der Waals surface area contributed by atoms with Crippen molar-refractivity contribution in [3.8, 4) is 0 Å². The van der Waals surface area contributed by atoms with Crippen molar-refractivity contribution in [2.24, 2.45) is 17.8 Å². The molecule has 5 aliphatic heterocycles. The van der Waals surface area contributed by atoms with E-state index in [4.69, 9.17) is 56.8 Å². The highest BCUT2D eigenvalue weighted by molar-refractivity contribution is 5.81. The Bertz CT molecular complexity index is 3520. The molecule has 6 aromatic rings. The number of ether oxygens (including phenoxy) is 12. The second-order valence-electron chi connectivity index (χ2n) is 26.8. The van der Waals surface area contributed by atoms with Crippen molar-refractivity contribution >= 4 is 24.1 Å². The van der Waals surface area contributed by atoms with Gasteiger partial charge >= 0.3 is 18.3 Å². The standard InChI is InChI=1S/C77H91N3O20/c1-46-37-54(38-56(82)47(2)62(89-42-48-21-9-3-10-22-48)40-78-75(86)90-43-49-23-11-4-12-24-49)65(83)71(68(46)98-72-55(79-76(87)91-44-50-25-13-5-14-26-50)39-61-59(95-72)35-33-57(93-61)52-29-17-7-18-30-52)100-74-67(85)70(63(41-81)97-74)99-73-64(80-77(88)92-45-51-27-15-6-16-28-51)66(84)69-60(96-73)36-34-58(94-69)53-31-19-8-20-32-53/h3-32,46-47,54-55,57-74,81,83-85H,33-45H2,1-2H3,(H,78,86)(H,79,87)(H,80,88)/t46-,47+,54-,55?,57?,58?,59+,60-,61-,62-,63+,64+,65-,66+,67+,68+,69+,70+,71+,72+,73+,74-/m0/s1. The predicted molar refractivity (Wildman–Crippen MR) is 360 cm³/mol. The van der Waals surface area contributed by atoms with Crippen LogP contribution in [0.5, 0.6) is 0 Å². The zero-order chi connectivity index (χ0) is 69.5. The van der Waals surface area contributed by atoms with Crippen molar-refractivity contribution in [2.45, 2.75) is 202 Å². The largest absolute Gasteiger partial charge is 0.445 e. The lowest BCUT2D eigenvalue weighted by Gasteiger charge is -2.49. The Hall–Kier alpha value is -7.72. The molecule has 3 unspecified atom stereocenters. The van der Waals surface area contributed by atoms with Gasteiger partial charge < -0.3 is 93.2 Å². The molecule has 6 aliphatic rings. The van der Waals surface area contributed by atoms with E-state index in [-0.39, 0.29) is 64.1 Å². The van der Waals surface area contributed by atoms with Crippen molar-refractivity contribution in [3.63, 3.8) is 0 Å². The van der Waals surface area contributed by atoms with E-state index in [9.17, 15) is 39.6 Å². The number of nitrogens with one attached hydrogen (secondary N) is 3. The van der Waals surface area contributed by atoms with Crippen LogP contribution in [0.2, 0.25) is 0 Å². The maximum Gasteiger partial charge on any atom is 0.407 e. The molecule has 12 rings (SSSR count). The molecular formula is C77H91N3O20. The Labute approximate surface area is 581 Å². The van der Waals surface area contributed by atoms with E-state index in [2.05, 4.69) is 16.0 Å². The van der Waals surface area contributed by atoms with Gasteiger partial charge in [-0.05, 0) is 77.3 Å². The number of aliphatic hydroxyl groups excluding tert-OH is 4. The van der Waals surface area contributed by atoms with Crippen LogP contribution in [0.25, 0.3) is 0 Å². The molecule has 0 spiro atoms. The zero-order valence-corrected chi connectivity index (χ0v) is 56.0. The second-order valence-corrected chi connectivity index (χ2v) is 26.8. The minimum Gasteiger partial charge on any atom is -0.445 e. The van der Waals surface area contributed by atoms with Crippen LogP contribution in [0.3, 0.4) is 0 Å². The lowest BCUT2D eigenvalue weighted by molar-refractivity contribution is -0.316. The number of carbonyl (C=O) groups excluding carboxylic acids is 4. The highest BCUT2D eigenvalue weighted by atomic mass is 16.8. The number of amides is 3. The van der Waals surface area contributed by atoms with Crippen LogP contribution >= 0.6 is 0 Å². The molecule has 1 saturated carbocycles. The molecule has 100 heavy (non-hydrogen) atoms. The van der Waals surface area contributed by atoms with Crippen LogP contribution in [-0.4, -0.2) is 162 Å². The molecule has 6 aromatic carbocycles. The molecule has 1 aliphatic carbocycles. The third-order valence-corrected chi connectivity index (χ3v) is 19.9. The van der Waals surface area contributed by atoms with Gasteiger partial charge in [0.25, 0.3) is 0 Å². The molecule has 23 nitrogen and oxygen atoms in total. The van der Waals surface area contributed by atoms with Gasteiger partial charge in [-0.15, -0.1) is 0 Å². The number of aliphatic hydroxyl groups is 4.